The number of fused-ring (bicyclic) bond motifs is 2. The Morgan fingerprint density at radius 2 is 1.65 bits per heavy atom. The average Bonchev–Trinajstić information content (AvgIpc) is 3.02. The summed E-state index contributed by atoms with van der Waals surface area (Å²) >= 11 is 0. The molecule has 1 aromatic heterocycles. The molecule has 3 aromatic carbocycles. The number of hydrogen-bond donors (Lipinski definition) is 3. The third-order valence-electron chi connectivity index (χ3n) is 6.96. The molecular formula is C35H38N4O7. The summed E-state index contributed by atoms with van der Waals surface area (Å²) in [4.78, 5) is 43.1. The van der Waals surface area contributed by atoms with E-state index >= 15 is 0 Å². The minimum Gasteiger partial charge on any atom is -0.486 e. The van der Waals surface area contributed by atoms with Crippen molar-refractivity contribution < 1.29 is 33.3 Å². The van der Waals surface area contributed by atoms with Crippen molar-refractivity contribution in [2.75, 3.05) is 37.0 Å². The highest BCUT2D eigenvalue weighted by Crippen LogP contribution is 2.31. The lowest BCUT2D eigenvalue weighted by Crippen LogP contribution is -2.33. The second kappa shape index (κ2) is 14.2. The summed E-state index contributed by atoms with van der Waals surface area (Å²) in [5, 5.41) is 9.36. The zero-order valence-corrected chi connectivity index (χ0v) is 26.4. The molecule has 5 rings (SSSR count). The summed E-state index contributed by atoms with van der Waals surface area (Å²) in [6.45, 7) is 8.90. The molecule has 4 aromatic rings. The van der Waals surface area contributed by atoms with E-state index < -0.39 is 17.6 Å². The third-order valence-corrected chi connectivity index (χ3v) is 6.96. The van der Waals surface area contributed by atoms with Crippen LogP contribution in [0.5, 0.6) is 17.4 Å². The Morgan fingerprint density at radius 3 is 2.46 bits per heavy atom. The molecule has 11 heteroatoms. The van der Waals surface area contributed by atoms with Crippen LogP contribution in [0.3, 0.4) is 0 Å². The van der Waals surface area contributed by atoms with Gasteiger partial charge in [0.25, 0.3) is 11.8 Å². The maximum absolute atomic E-state index is 13.6. The molecule has 0 fully saturated rings. The van der Waals surface area contributed by atoms with Gasteiger partial charge >= 0.3 is 6.09 Å². The van der Waals surface area contributed by atoms with Crippen molar-refractivity contribution >= 4 is 40.2 Å². The number of rotatable bonds is 10. The standard InChI is InChI=1S/C35H38N4O7/c1-22-11-13-25(37-31(40)24-12-14-29-30(20-24)44-18-17-43-29)21-28(22)38-32(41)26-19-23-9-5-6-10-27(23)39-33(26)45-16-8-7-15-36-34(42)46-35(2,3)4/h5-6,9-14,19-21H,7-8,15-18H2,1-4H3,(H,36,42)(H,37,40)(H,38,41). The molecule has 0 unspecified atom stereocenters. The Morgan fingerprint density at radius 1 is 0.870 bits per heavy atom. The Balaban J connectivity index is 1.25. The van der Waals surface area contributed by atoms with Crippen LogP contribution in [0.4, 0.5) is 16.2 Å². The molecule has 0 saturated heterocycles. The van der Waals surface area contributed by atoms with E-state index in [9.17, 15) is 14.4 Å². The van der Waals surface area contributed by atoms with E-state index in [0.717, 1.165) is 10.9 Å². The molecule has 3 amide bonds. The number of nitrogens with one attached hydrogen (secondary N) is 3. The maximum Gasteiger partial charge on any atom is 0.407 e. The van der Waals surface area contributed by atoms with Crippen LogP contribution in [0.1, 0.15) is 59.9 Å². The first kappa shape index (κ1) is 32.1. The van der Waals surface area contributed by atoms with Gasteiger partial charge in [0.1, 0.15) is 24.4 Å². The molecule has 0 atom stereocenters. The summed E-state index contributed by atoms with van der Waals surface area (Å²) in [6.07, 6.45) is 0.805. The summed E-state index contributed by atoms with van der Waals surface area (Å²) in [6, 6.07) is 19.5. The summed E-state index contributed by atoms with van der Waals surface area (Å²) < 4.78 is 22.4. The molecule has 0 radical (unpaired) electrons. The number of unbranched alkanes of at least 4 members (excludes halogenated alkanes) is 1. The molecule has 1 aliphatic rings. The van der Waals surface area contributed by atoms with Gasteiger partial charge in [0.05, 0.1) is 12.1 Å². The van der Waals surface area contributed by atoms with Crippen LogP contribution >= 0.6 is 0 Å². The highest BCUT2D eigenvalue weighted by Gasteiger charge is 2.19. The van der Waals surface area contributed by atoms with Crippen LogP contribution < -0.4 is 30.2 Å². The maximum atomic E-state index is 13.6. The van der Waals surface area contributed by atoms with Crippen LogP contribution in [0, 0.1) is 6.92 Å². The van der Waals surface area contributed by atoms with E-state index in [1.807, 2.05) is 58.0 Å². The van der Waals surface area contributed by atoms with E-state index in [1.165, 1.54) is 0 Å². The number of aromatic nitrogens is 1. The van der Waals surface area contributed by atoms with Crippen molar-refractivity contribution in [3.05, 3.63) is 83.4 Å². The number of aryl methyl sites for hydroxylation is 1. The fraction of sp³-hybridized carbons (Fsp3) is 0.314. The lowest BCUT2D eigenvalue weighted by Gasteiger charge is -2.19. The van der Waals surface area contributed by atoms with Gasteiger partial charge in [0.2, 0.25) is 5.88 Å². The van der Waals surface area contributed by atoms with Crippen molar-refractivity contribution in [2.24, 2.45) is 0 Å². The highest BCUT2D eigenvalue weighted by molar-refractivity contribution is 6.09. The highest BCUT2D eigenvalue weighted by atomic mass is 16.6. The topological polar surface area (TPSA) is 137 Å². The Labute approximate surface area is 267 Å². The van der Waals surface area contributed by atoms with Gasteiger partial charge in [-0.15, -0.1) is 0 Å². The number of carbonyl (C=O) groups excluding carboxylic acids is 3. The van der Waals surface area contributed by atoms with Crippen LogP contribution in [-0.2, 0) is 4.74 Å². The Hall–Kier alpha value is -5.32. The van der Waals surface area contributed by atoms with Gasteiger partial charge in [-0.2, -0.15) is 0 Å². The van der Waals surface area contributed by atoms with Gasteiger partial charge in [-0.25, -0.2) is 9.78 Å². The SMILES string of the molecule is Cc1ccc(NC(=O)c2ccc3c(c2)OCCO3)cc1NC(=O)c1cc2ccccc2nc1OCCCCNC(=O)OC(C)(C)C. The largest absolute Gasteiger partial charge is 0.486 e. The van der Waals surface area contributed by atoms with Crippen LogP contribution in [0.2, 0.25) is 0 Å². The van der Waals surface area contributed by atoms with Crippen molar-refractivity contribution in [3.8, 4) is 17.4 Å². The van der Waals surface area contributed by atoms with Crippen molar-refractivity contribution in [1.82, 2.24) is 10.3 Å². The number of anilines is 2. The van der Waals surface area contributed by atoms with Crippen molar-refractivity contribution in [3.63, 3.8) is 0 Å². The number of pyridine rings is 1. The van der Waals surface area contributed by atoms with Crippen LogP contribution in [-0.4, -0.2) is 54.9 Å². The van der Waals surface area contributed by atoms with E-state index in [0.29, 0.717) is 73.2 Å². The number of nitrogens with zero attached hydrogens (tertiary/aromatic N) is 1. The van der Waals surface area contributed by atoms with Crippen LogP contribution in [0.25, 0.3) is 10.9 Å². The number of amides is 3. The Bertz CT molecular complexity index is 1750. The molecule has 0 saturated carbocycles. The number of hydrogen-bond acceptors (Lipinski definition) is 8. The van der Waals surface area contributed by atoms with E-state index in [1.54, 1.807) is 36.4 Å². The molecule has 2 heterocycles. The van der Waals surface area contributed by atoms with E-state index in [-0.39, 0.29) is 17.4 Å². The fourth-order valence-corrected chi connectivity index (χ4v) is 4.68. The number of para-hydroxylation sites is 1. The summed E-state index contributed by atoms with van der Waals surface area (Å²) in [7, 11) is 0. The fourth-order valence-electron chi connectivity index (χ4n) is 4.68. The molecule has 240 valence electrons. The van der Waals surface area contributed by atoms with E-state index in [4.69, 9.17) is 18.9 Å². The molecule has 0 bridgehead atoms. The predicted molar refractivity (Wildman–Crippen MR) is 175 cm³/mol. The molecule has 46 heavy (non-hydrogen) atoms. The Kier molecular flexibility index (Phi) is 9.90. The number of carbonyl (C=O) groups is 3. The molecule has 0 spiro atoms. The quantitative estimate of drug-likeness (QED) is 0.170. The monoisotopic (exact) mass is 626 g/mol. The van der Waals surface area contributed by atoms with Gasteiger partial charge in [-0.1, -0.05) is 24.3 Å². The molecule has 1 aliphatic heterocycles. The van der Waals surface area contributed by atoms with Crippen molar-refractivity contribution in [2.45, 2.75) is 46.1 Å². The third kappa shape index (κ3) is 8.44. The predicted octanol–water partition coefficient (Wildman–Crippen LogP) is 6.50. The van der Waals surface area contributed by atoms with Gasteiger partial charge < -0.3 is 34.9 Å². The van der Waals surface area contributed by atoms with Gasteiger partial charge in [0.15, 0.2) is 11.5 Å². The lowest BCUT2D eigenvalue weighted by atomic mass is 10.1. The van der Waals surface area contributed by atoms with Gasteiger partial charge in [-0.3, -0.25) is 9.59 Å². The first-order valence-corrected chi connectivity index (χ1v) is 15.2. The van der Waals surface area contributed by atoms with E-state index in [2.05, 4.69) is 20.9 Å². The second-order valence-corrected chi connectivity index (χ2v) is 11.8. The first-order chi connectivity index (χ1) is 22.1. The zero-order valence-electron chi connectivity index (χ0n) is 26.4. The molecular weight excluding hydrogens is 588 g/mol. The zero-order chi connectivity index (χ0) is 32.7. The minimum atomic E-state index is -0.562. The smallest absolute Gasteiger partial charge is 0.407 e. The van der Waals surface area contributed by atoms with Crippen molar-refractivity contribution in [1.29, 1.82) is 0 Å². The van der Waals surface area contributed by atoms with Gasteiger partial charge in [0, 0.05) is 28.9 Å². The molecule has 11 nitrogen and oxygen atoms in total. The first-order valence-electron chi connectivity index (χ1n) is 15.2. The number of benzene rings is 3. The minimum absolute atomic E-state index is 0.206. The second-order valence-electron chi connectivity index (χ2n) is 11.8. The normalized spacial score (nSPS) is 12.3. The number of alkyl carbamates (subject to hydrolysis) is 1. The lowest BCUT2D eigenvalue weighted by molar-refractivity contribution is 0.0526. The molecule has 0 aliphatic carbocycles. The summed E-state index contributed by atoms with van der Waals surface area (Å²) in [5.74, 6) is 0.601. The average molecular weight is 627 g/mol. The van der Waals surface area contributed by atoms with Gasteiger partial charge in [-0.05, 0) is 88.6 Å². The van der Waals surface area contributed by atoms with Crippen LogP contribution in [0.15, 0.2) is 66.7 Å². The number of ether oxygens (including phenoxy) is 4. The molecule has 3 N–H and O–H groups in total. The summed E-state index contributed by atoms with van der Waals surface area (Å²) in [5.41, 5.74) is 2.66.